The second-order valence-electron chi connectivity index (χ2n) is 6.50. The zero-order valence-corrected chi connectivity index (χ0v) is 12.9. The van der Waals surface area contributed by atoms with E-state index in [1.807, 2.05) is 6.92 Å². The lowest BCUT2D eigenvalue weighted by Crippen LogP contribution is -2.32. The van der Waals surface area contributed by atoms with E-state index in [1.54, 1.807) is 0 Å². The monoisotopic (exact) mass is 286 g/mol. The summed E-state index contributed by atoms with van der Waals surface area (Å²) < 4.78 is 11.8. The lowest BCUT2D eigenvalue weighted by Gasteiger charge is -2.30. The number of hydrogen-bond acceptors (Lipinski definition) is 4. The van der Waals surface area contributed by atoms with Crippen molar-refractivity contribution in [3.05, 3.63) is 0 Å². The van der Waals surface area contributed by atoms with Crippen LogP contribution in [0, 0.1) is 11.8 Å². The van der Waals surface area contributed by atoms with Gasteiger partial charge in [0.2, 0.25) is 0 Å². The first-order valence-corrected chi connectivity index (χ1v) is 8.22. The average molecular weight is 286 g/mol. The van der Waals surface area contributed by atoms with E-state index in [-0.39, 0.29) is 24.0 Å². The zero-order valence-electron chi connectivity index (χ0n) is 12.9. The number of unbranched alkanes of at least 4 members (excludes halogenated alkanes) is 2. The first kappa shape index (κ1) is 16.2. The molecule has 0 spiro atoms. The predicted octanol–water partition coefficient (Wildman–Crippen LogP) is 2.47. The quantitative estimate of drug-likeness (QED) is 0.706. The predicted molar refractivity (Wildman–Crippen MR) is 77.3 cm³/mol. The van der Waals surface area contributed by atoms with Crippen molar-refractivity contribution in [2.75, 3.05) is 13.2 Å². The molecule has 2 fully saturated rings. The fourth-order valence-electron chi connectivity index (χ4n) is 3.67. The molecule has 1 aliphatic carbocycles. The number of aliphatic hydroxyl groups excluding tert-OH is 2. The smallest absolute Gasteiger partial charge is 0.168 e. The molecule has 4 heteroatoms. The van der Waals surface area contributed by atoms with Crippen LogP contribution in [-0.2, 0) is 9.47 Å². The van der Waals surface area contributed by atoms with Crippen molar-refractivity contribution in [2.45, 2.75) is 76.8 Å². The van der Waals surface area contributed by atoms with E-state index in [9.17, 15) is 10.2 Å². The highest BCUT2D eigenvalue weighted by molar-refractivity contribution is 4.90. The van der Waals surface area contributed by atoms with Gasteiger partial charge in [-0.05, 0) is 31.1 Å². The molecular weight excluding hydrogens is 256 g/mol. The average Bonchev–Trinajstić information content (AvgIpc) is 2.96. The Kier molecular flexibility index (Phi) is 5.84. The molecule has 1 heterocycles. The third-order valence-corrected chi connectivity index (χ3v) is 5.09. The third kappa shape index (κ3) is 3.73. The third-order valence-electron chi connectivity index (χ3n) is 5.09. The van der Waals surface area contributed by atoms with E-state index in [0.717, 1.165) is 25.7 Å². The fourth-order valence-corrected chi connectivity index (χ4v) is 3.67. The molecule has 2 aliphatic rings. The van der Waals surface area contributed by atoms with Crippen LogP contribution in [0.1, 0.15) is 58.8 Å². The minimum Gasteiger partial charge on any atom is -0.393 e. The van der Waals surface area contributed by atoms with E-state index >= 15 is 0 Å². The van der Waals surface area contributed by atoms with Crippen LogP contribution in [0.15, 0.2) is 0 Å². The van der Waals surface area contributed by atoms with Gasteiger partial charge in [-0.25, -0.2) is 0 Å². The Morgan fingerprint density at radius 3 is 2.30 bits per heavy atom. The molecule has 0 amide bonds. The highest BCUT2D eigenvalue weighted by atomic mass is 16.7. The molecule has 4 nitrogen and oxygen atoms in total. The molecule has 0 unspecified atom stereocenters. The van der Waals surface area contributed by atoms with Gasteiger partial charge in [0.15, 0.2) is 5.79 Å². The topological polar surface area (TPSA) is 58.9 Å². The van der Waals surface area contributed by atoms with Gasteiger partial charge >= 0.3 is 0 Å². The summed E-state index contributed by atoms with van der Waals surface area (Å²) in [6.45, 7) is 5.59. The highest BCUT2D eigenvalue weighted by Crippen LogP contribution is 2.39. The van der Waals surface area contributed by atoms with Crippen LogP contribution in [-0.4, -0.2) is 41.4 Å². The van der Waals surface area contributed by atoms with E-state index < -0.39 is 5.79 Å². The van der Waals surface area contributed by atoms with Gasteiger partial charge < -0.3 is 19.7 Å². The van der Waals surface area contributed by atoms with Crippen LogP contribution in [0.3, 0.4) is 0 Å². The van der Waals surface area contributed by atoms with Crippen LogP contribution in [0.4, 0.5) is 0 Å². The van der Waals surface area contributed by atoms with Gasteiger partial charge in [-0.1, -0.05) is 26.7 Å². The summed E-state index contributed by atoms with van der Waals surface area (Å²) in [5, 5.41) is 19.9. The molecular formula is C16H30O4. The summed E-state index contributed by atoms with van der Waals surface area (Å²) in [6.07, 6.45) is 5.93. The maximum Gasteiger partial charge on any atom is 0.168 e. The molecule has 4 atom stereocenters. The summed E-state index contributed by atoms with van der Waals surface area (Å²) >= 11 is 0. The Morgan fingerprint density at radius 2 is 1.75 bits per heavy atom. The van der Waals surface area contributed by atoms with Crippen LogP contribution in [0.5, 0.6) is 0 Å². The molecule has 2 N–H and O–H groups in total. The van der Waals surface area contributed by atoms with Crippen molar-refractivity contribution in [2.24, 2.45) is 11.8 Å². The largest absolute Gasteiger partial charge is 0.393 e. The normalized spacial score (nSPS) is 36.6. The van der Waals surface area contributed by atoms with Crippen molar-refractivity contribution >= 4 is 0 Å². The minimum atomic E-state index is -0.428. The highest BCUT2D eigenvalue weighted by Gasteiger charge is 2.42. The Balaban J connectivity index is 1.85. The fraction of sp³-hybridized carbons (Fsp3) is 1.00. The van der Waals surface area contributed by atoms with Crippen LogP contribution in [0.2, 0.25) is 0 Å². The van der Waals surface area contributed by atoms with Gasteiger partial charge in [-0.3, -0.25) is 0 Å². The Hall–Kier alpha value is -0.160. The minimum absolute atomic E-state index is 0.166. The van der Waals surface area contributed by atoms with Crippen molar-refractivity contribution in [1.82, 2.24) is 0 Å². The lowest BCUT2D eigenvalue weighted by atomic mass is 9.88. The molecule has 20 heavy (non-hydrogen) atoms. The maximum atomic E-state index is 10.1. The van der Waals surface area contributed by atoms with Crippen LogP contribution in [0.25, 0.3) is 0 Å². The molecule has 1 aliphatic heterocycles. The first-order valence-electron chi connectivity index (χ1n) is 8.22. The maximum absolute atomic E-state index is 10.1. The van der Waals surface area contributed by atoms with Gasteiger partial charge in [0.25, 0.3) is 0 Å². The molecule has 1 saturated carbocycles. The van der Waals surface area contributed by atoms with Gasteiger partial charge in [0.1, 0.15) is 0 Å². The molecule has 118 valence electrons. The van der Waals surface area contributed by atoms with Gasteiger partial charge in [-0.2, -0.15) is 0 Å². The van der Waals surface area contributed by atoms with Crippen LogP contribution < -0.4 is 0 Å². The Morgan fingerprint density at radius 1 is 1.05 bits per heavy atom. The molecule has 1 saturated heterocycles. The van der Waals surface area contributed by atoms with Gasteiger partial charge in [0, 0.05) is 12.8 Å². The van der Waals surface area contributed by atoms with Gasteiger partial charge in [-0.15, -0.1) is 0 Å². The Labute approximate surface area is 122 Å². The lowest BCUT2D eigenvalue weighted by molar-refractivity contribution is -0.171. The van der Waals surface area contributed by atoms with E-state index in [4.69, 9.17) is 9.47 Å². The van der Waals surface area contributed by atoms with Gasteiger partial charge in [0.05, 0.1) is 25.4 Å². The summed E-state index contributed by atoms with van der Waals surface area (Å²) in [4.78, 5) is 0. The SMILES string of the molecule is CCCCCC1(CC[C@@H]2[C@@H](C)[C@@H](O)C[C@@H]2O)OCCO1. The number of rotatable bonds is 7. The Bertz CT molecular complexity index is 288. The molecule has 2 rings (SSSR count). The second kappa shape index (κ2) is 7.21. The summed E-state index contributed by atoms with van der Waals surface area (Å²) in [5.74, 6) is -0.0951. The van der Waals surface area contributed by atoms with E-state index in [2.05, 4.69) is 6.92 Å². The standard InChI is InChI=1S/C16H30O4/c1-3-4-5-7-16(19-9-10-20-16)8-6-13-12(2)14(17)11-15(13)18/h12-15,17-18H,3-11H2,1-2H3/t12-,13-,14+,15+/m1/s1. The number of aliphatic hydroxyl groups is 2. The summed E-state index contributed by atoms with van der Waals surface area (Å²) in [6, 6.07) is 0. The van der Waals surface area contributed by atoms with Crippen molar-refractivity contribution in [3.63, 3.8) is 0 Å². The first-order chi connectivity index (χ1) is 9.58. The molecule has 0 aromatic carbocycles. The number of ether oxygens (including phenoxy) is 2. The summed E-state index contributed by atoms with van der Waals surface area (Å²) in [7, 11) is 0. The number of hydrogen-bond donors (Lipinski definition) is 2. The van der Waals surface area contributed by atoms with E-state index in [1.165, 1.54) is 12.8 Å². The van der Waals surface area contributed by atoms with Crippen LogP contribution >= 0.6 is 0 Å². The molecule has 0 aromatic heterocycles. The van der Waals surface area contributed by atoms with Crippen molar-refractivity contribution in [3.8, 4) is 0 Å². The summed E-state index contributed by atoms with van der Waals surface area (Å²) in [5.41, 5.74) is 0. The van der Waals surface area contributed by atoms with Crippen molar-refractivity contribution in [1.29, 1.82) is 0 Å². The molecule has 0 radical (unpaired) electrons. The zero-order chi connectivity index (χ0) is 14.6. The second-order valence-corrected chi connectivity index (χ2v) is 6.50. The van der Waals surface area contributed by atoms with Crippen molar-refractivity contribution < 1.29 is 19.7 Å². The van der Waals surface area contributed by atoms with E-state index in [0.29, 0.717) is 19.6 Å². The molecule has 0 aromatic rings. The molecule has 0 bridgehead atoms.